The van der Waals surface area contributed by atoms with Crippen molar-refractivity contribution < 1.29 is 14.8 Å². The lowest BCUT2D eigenvalue weighted by atomic mass is 10.0. The number of aromatic nitrogens is 1. The first-order valence-electron chi connectivity index (χ1n) is 5.43. The summed E-state index contributed by atoms with van der Waals surface area (Å²) in [7, 11) is 0. The van der Waals surface area contributed by atoms with Crippen molar-refractivity contribution in [1.29, 1.82) is 0 Å². The van der Waals surface area contributed by atoms with Crippen LogP contribution in [-0.2, 0) is 11.2 Å². The number of hydrogen-bond acceptors (Lipinski definition) is 5. The summed E-state index contributed by atoms with van der Waals surface area (Å²) in [4.78, 5) is 24.1. The van der Waals surface area contributed by atoms with Crippen molar-refractivity contribution in [3.8, 4) is 0 Å². The summed E-state index contributed by atoms with van der Waals surface area (Å²) in [5, 5.41) is 20.2. The third-order valence-electron chi connectivity index (χ3n) is 2.87. The third kappa shape index (κ3) is 2.20. The van der Waals surface area contributed by atoms with Gasteiger partial charge in [-0.25, -0.2) is 0 Å². The van der Waals surface area contributed by atoms with Gasteiger partial charge in [-0.3, -0.25) is 14.9 Å². The number of nitrogens with one attached hydrogen (secondary N) is 1. The van der Waals surface area contributed by atoms with Gasteiger partial charge < -0.3 is 21.6 Å². The van der Waals surface area contributed by atoms with E-state index in [1.54, 1.807) is 6.07 Å². The number of nitrogens with two attached hydrogens (primary N) is 2. The number of nitro groups is 1. The number of anilines is 1. The fraction of sp³-hybridized carbons (Fsp3) is 0.182. The highest BCUT2D eigenvalue weighted by molar-refractivity contribution is 5.97. The zero-order valence-electron chi connectivity index (χ0n) is 9.79. The van der Waals surface area contributed by atoms with E-state index in [1.165, 1.54) is 12.3 Å². The molecular formula is C11H12N4O4. The number of carboxylic acid groups (broad SMARTS) is 1. The predicted octanol–water partition coefficient (Wildman–Crippen LogP) is 0.613. The molecule has 0 aliphatic heterocycles. The Morgan fingerprint density at radius 3 is 2.79 bits per heavy atom. The van der Waals surface area contributed by atoms with Crippen LogP contribution in [0, 0.1) is 10.1 Å². The first kappa shape index (κ1) is 12.8. The van der Waals surface area contributed by atoms with Crippen LogP contribution in [0.3, 0.4) is 0 Å². The van der Waals surface area contributed by atoms with Gasteiger partial charge in [0, 0.05) is 12.6 Å². The summed E-state index contributed by atoms with van der Waals surface area (Å²) in [5.74, 6) is -1.17. The molecule has 6 N–H and O–H groups in total. The Bertz CT molecular complexity index is 664. The number of benzene rings is 1. The Morgan fingerprint density at radius 2 is 2.21 bits per heavy atom. The molecule has 0 amide bonds. The summed E-state index contributed by atoms with van der Waals surface area (Å²) in [6, 6.07) is 1.91. The maximum Gasteiger partial charge on any atom is 0.320 e. The van der Waals surface area contributed by atoms with Gasteiger partial charge in [-0.1, -0.05) is 0 Å². The van der Waals surface area contributed by atoms with Gasteiger partial charge in [-0.15, -0.1) is 0 Å². The Labute approximate surface area is 107 Å². The summed E-state index contributed by atoms with van der Waals surface area (Å²) in [6.45, 7) is 0. The molecule has 1 heterocycles. The highest BCUT2D eigenvalue weighted by Crippen LogP contribution is 2.34. The van der Waals surface area contributed by atoms with E-state index in [0.29, 0.717) is 16.5 Å². The zero-order chi connectivity index (χ0) is 14.2. The van der Waals surface area contributed by atoms with Crippen molar-refractivity contribution in [3.05, 3.63) is 34.0 Å². The number of carboxylic acids is 1. The second kappa shape index (κ2) is 4.58. The van der Waals surface area contributed by atoms with Crippen LogP contribution < -0.4 is 11.5 Å². The number of nitro benzene ring substituents is 1. The summed E-state index contributed by atoms with van der Waals surface area (Å²) >= 11 is 0. The SMILES string of the molecule is Nc1ccc2[nH]cc(C[C@H](N)C(=O)O)c2c1[N+](=O)[O-]. The molecule has 0 bridgehead atoms. The molecule has 8 heteroatoms. The molecule has 0 spiro atoms. The molecule has 1 atom stereocenters. The molecule has 0 unspecified atom stereocenters. The summed E-state index contributed by atoms with van der Waals surface area (Å²) < 4.78 is 0. The van der Waals surface area contributed by atoms with Crippen LogP contribution in [0.2, 0.25) is 0 Å². The fourth-order valence-corrected chi connectivity index (χ4v) is 1.97. The maximum atomic E-state index is 11.1. The number of H-pyrrole nitrogens is 1. The van der Waals surface area contributed by atoms with Gasteiger partial charge in [0.1, 0.15) is 11.7 Å². The van der Waals surface area contributed by atoms with Gasteiger partial charge in [-0.05, 0) is 17.7 Å². The van der Waals surface area contributed by atoms with E-state index in [2.05, 4.69) is 4.98 Å². The van der Waals surface area contributed by atoms with Crippen molar-refractivity contribution in [1.82, 2.24) is 4.98 Å². The second-order valence-electron chi connectivity index (χ2n) is 4.15. The smallest absolute Gasteiger partial charge is 0.320 e. The van der Waals surface area contributed by atoms with E-state index in [9.17, 15) is 14.9 Å². The van der Waals surface area contributed by atoms with Gasteiger partial charge in [0.25, 0.3) is 0 Å². The molecule has 0 aliphatic carbocycles. The highest BCUT2D eigenvalue weighted by Gasteiger charge is 2.23. The second-order valence-corrected chi connectivity index (χ2v) is 4.15. The van der Waals surface area contributed by atoms with E-state index in [-0.39, 0.29) is 17.8 Å². The van der Waals surface area contributed by atoms with Crippen LogP contribution in [0.15, 0.2) is 18.3 Å². The van der Waals surface area contributed by atoms with Gasteiger partial charge in [-0.2, -0.15) is 0 Å². The predicted molar refractivity (Wildman–Crippen MR) is 68.7 cm³/mol. The molecule has 0 saturated carbocycles. The van der Waals surface area contributed by atoms with E-state index in [1.807, 2.05) is 0 Å². The zero-order valence-corrected chi connectivity index (χ0v) is 9.79. The quantitative estimate of drug-likeness (QED) is 0.361. The molecule has 8 nitrogen and oxygen atoms in total. The molecule has 1 aromatic heterocycles. The van der Waals surface area contributed by atoms with Gasteiger partial charge in [0.15, 0.2) is 0 Å². The topological polar surface area (TPSA) is 148 Å². The summed E-state index contributed by atoms with van der Waals surface area (Å²) in [5.41, 5.74) is 11.8. The molecule has 0 radical (unpaired) electrons. The minimum absolute atomic E-state index is 0.0143. The van der Waals surface area contributed by atoms with Crippen molar-refractivity contribution in [2.45, 2.75) is 12.5 Å². The van der Waals surface area contributed by atoms with Gasteiger partial charge in [0.2, 0.25) is 0 Å². The lowest BCUT2D eigenvalue weighted by Gasteiger charge is -2.06. The number of rotatable bonds is 4. The van der Waals surface area contributed by atoms with Crippen LogP contribution >= 0.6 is 0 Å². The minimum atomic E-state index is -1.17. The van der Waals surface area contributed by atoms with E-state index in [0.717, 1.165) is 0 Å². The highest BCUT2D eigenvalue weighted by atomic mass is 16.6. The molecule has 2 rings (SSSR count). The Balaban J connectivity index is 2.60. The Morgan fingerprint density at radius 1 is 1.53 bits per heavy atom. The van der Waals surface area contributed by atoms with Crippen molar-refractivity contribution in [2.24, 2.45) is 5.73 Å². The molecule has 19 heavy (non-hydrogen) atoms. The molecule has 0 saturated heterocycles. The first-order valence-corrected chi connectivity index (χ1v) is 5.43. The van der Waals surface area contributed by atoms with Crippen molar-refractivity contribution in [3.63, 3.8) is 0 Å². The van der Waals surface area contributed by atoms with Crippen molar-refractivity contribution in [2.75, 3.05) is 5.73 Å². The normalized spacial score (nSPS) is 12.5. The largest absolute Gasteiger partial charge is 0.480 e. The number of nitrogen functional groups attached to an aromatic ring is 1. The van der Waals surface area contributed by atoms with Crippen LogP contribution in [0.5, 0.6) is 0 Å². The van der Waals surface area contributed by atoms with Crippen LogP contribution in [-0.4, -0.2) is 27.0 Å². The van der Waals surface area contributed by atoms with Crippen LogP contribution in [0.4, 0.5) is 11.4 Å². The molecule has 0 aliphatic rings. The number of aromatic amines is 1. The first-order chi connectivity index (χ1) is 8.91. The number of fused-ring (bicyclic) bond motifs is 1. The summed E-state index contributed by atoms with van der Waals surface area (Å²) in [6.07, 6.45) is 1.50. The number of nitrogens with zero attached hydrogens (tertiary/aromatic N) is 1. The monoisotopic (exact) mass is 264 g/mol. The standard InChI is InChI=1S/C11H12N4O4/c12-6-1-2-8-9(10(6)15(18)19)5(4-14-8)3-7(13)11(16)17/h1-2,4,7,14H,3,12-13H2,(H,16,17)/t7-/m0/s1. The molecule has 2 aromatic rings. The molecule has 0 fully saturated rings. The molecular weight excluding hydrogens is 252 g/mol. The number of aliphatic carboxylic acids is 1. The molecule has 1 aromatic carbocycles. The maximum absolute atomic E-state index is 11.1. The average molecular weight is 264 g/mol. The Kier molecular flexibility index (Phi) is 3.09. The van der Waals surface area contributed by atoms with Crippen LogP contribution in [0.25, 0.3) is 10.9 Å². The lowest BCUT2D eigenvalue weighted by molar-refractivity contribution is -0.382. The fourth-order valence-electron chi connectivity index (χ4n) is 1.97. The number of carbonyl (C=O) groups is 1. The van der Waals surface area contributed by atoms with Crippen molar-refractivity contribution >= 4 is 28.2 Å². The van der Waals surface area contributed by atoms with E-state index in [4.69, 9.17) is 16.6 Å². The van der Waals surface area contributed by atoms with E-state index < -0.39 is 16.9 Å². The number of hydrogen-bond donors (Lipinski definition) is 4. The van der Waals surface area contributed by atoms with Crippen LogP contribution in [0.1, 0.15) is 5.56 Å². The van der Waals surface area contributed by atoms with Gasteiger partial charge >= 0.3 is 11.7 Å². The average Bonchev–Trinajstić information content (AvgIpc) is 2.71. The van der Waals surface area contributed by atoms with Gasteiger partial charge in [0.05, 0.1) is 15.8 Å². The molecule has 100 valence electrons. The third-order valence-corrected chi connectivity index (χ3v) is 2.87. The Hall–Kier alpha value is -2.61. The van der Waals surface area contributed by atoms with E-state index >= 15 is 0 Å². The minimum Gasteiger partial charge on any atom is -0.480 e. The lowest BCUT2D eigenvalue weighted by Crippen LogP contribution is -2.32.